The molecule has 1 aromatic carbocycles. The van der Waals surface area contributed by atoms with Gasteiger partial charge in [-0.2, -0.15) is 0 Å². The number of rotatable bonds is 3. The fourth-order valence-electron chi connectivity index (χ4n) is 1.59. The summed E-state index contributed by atoms with van der Waals surface area (Å²) in [6.45, 7) is 6.29. The van der Waals surface area contributed by atoms with Crippen molar-refractivity contribution in [1.29, 1.82) is 0 Å². The lowest BCUT2D eigenvalue weighted by atomic mass is 9.93. The molecule has 20 heavy (non-hydrogen) atoms. The van der Waals surface area contributed by atoms with Crippen molar-refractivity contribution in [1.82, 2.24) is 4.98 Å². The molecule has 0 unspecified atom stereocenters. The predicted molar refractivity (Wildman–Crippen MR) is 84.8 cm³/mol. The van der Waals surface area contributed by atoms with Gasteiger partial charge in [-0.25, -0.2) is 4.98 Å². The fraction of sp³-hybridized carbons (Fsp3) is 0.333. The van der Waals surface area contributed by atoms with E-state index in [1.807, 2.05) is 17.5 Å². The lowest BCUT2D eigenvalue weighted by molar-refractivity contribution is 0.102. The first-order valence-electron chi connectivity index (χ1n) is 6.32. The van der Waals surface area contributed by atoms with E-state index in [9.17, 15) is 4.79 Å². The number of anilines is 1. The van der Waals surface area contributed by atoms with Gasteiger partial charge >= 0.3 is 0 Å². The monoisotopic (exact) mass is 308 g/mol. The normalized spacial score (nSPS) is 11.4. The number of nitrogens with one attached hydrogen (secondary N) is 1. The highest BCUT2D eigenvalue weighted by Gasteiger charge is 2.18. The summed E-state index contributed by atoms with van der Waals surface area (Å²) >= 11 is 7.17. The first-order chi connectivity index (χ1) is 9.40. The minimum atomic E-state index is -0.152. The van der Waals surface area contributed by atoms with Crippen molar-refractivity contribution in [3.63, 3.8) is 0 Å². The number of hydrogen-bond acceptors (Lipinski definition) is 3. The fourth-order valence-corrected chi connectivity index (χ4v) is 2.70. The lowest BCUT2D eigenvalue weighted by Crippen LogP contribution is -2.14. The highest BCUT2D eigenvalue weighted by Crippen LogP contribution is 2.26. The maximum absolute atomic E-state index is 12.1. The van der Waals surface area contributed by atoms with E-state index in [2.05, 4.69) is 31.1 Å². The number of aromatic nitrogens is 1. The second kappa shape index (κ2) is 5.94. The third-order valence-electron chi connectivity index (χ3n) is 2.86. The number of carbonyl (C=O) groups excluding carboxylic acids is 1. The number of thiazole rings is 1. The minimum Gasteiger partial charge on any atom is -0.298 e. The lowest BCUT2D eigenvalue weighted by Gasteiger charge is -2.14. The summed E-state index contributed by atoms with van der Waals surface area (Å²) in [4.78, 5) is 16.5. The van der Waals surface area contributed by atoms with Gasteiger partial charge in [0.2, 0.25) is 0 Å². The Hall–Kier alpha value is -1.39. The van der Waals surface area contributed by atoms with E-state index < -0.39 is 0 Å². The summed E-state index contributed by atoms with van der Waals surface area (Å²) < 4.78 is 0. The summed E-state index contributed by atoms with van der Waals surface area (Å²) in [6.07, 6.45) is 0. The number of halogens is 1. The van der Waals surface area contributed by atoms with Gasteiger partial charge in [0.15, 0.2) is 5.13 Å². The van der Waals surface area contributed by atoms with E-state index >= 15 is 0 Å². The molecule has 0 fully saturated rings. The standard InChI is InChI=1S/C15H17ClN2OS/c1-15(2,3)12-9-20-14(17-12)18-13(19)11-6-4-10(8-16)5-7-11/h4-7,9H,8H2,1-3H3,(H,17,18,19). The van der Waals surface area contributed by atoms with Crippen molar-refractivity contribution in [2.24, 2.45) is 0 Å². The van der Waals surface area contributed by atoms with Crippen LogP contribution >= 0.6 is 22.9 Å². The first-order valence-corrected chi connectivity index (χ1v) is 7.74. The Morgan fingerprint density at radius 3 is 2.45 bits per heavy atom. The van der Waals surface area contributed by atoms with Crippen LogP contribution in [0.15, 0.2) is 29.6 Å². The molecule has 106 valence electrons. The molecule has 0 aliphatic carbocycles. The molecular weight excluding hydrogens is 292 g/mol. The van der Waals surface area contributed by atoms with E-state index in [0.717, 1.165) is 11.3 Å². The zero-order chi connectivity index (χ0) is 14.8. The van der Waals surface area contributed by atoms with Gasteiger partial charge in [-0.05, 0) is 17.7 Å². The molecule has 0 atom stereocenters. The minimum absolute atomic E-state index is 0.0124. The molecule has 0 saturated carbocycles. The van der Waals surface area contributed by atoms with Crippen LogP contribution < -0.4 is 5.32 Å². The number of amides is 1. The van der Waals surface area contributed by atoms with Crippen LogP contribution in [0.3, 0.4) is 0 Å². The Kier molecular flexibility index (Phi) is 4.45. The van der Waals surface area contributed by atoms with Crippen molar-refractivity contribution in [2.45, 2.75) is 32.1 Å². The van der Waals surface area contributed by atoms with Gasteiger partial charge in [0.1, 0.15) is 0 Å². The summed E-state index contributed by atoms with van der Waals surface area (Å²) in [6, 6.07) is 7.24. The van der Waals surface area contributed by atoms with Crippen molar-refractivity contribution in [3.05, 3.63) is 46.5 Å². The molecule has 1 N–H and O–H groups in total. The van der Waals surface area contributed by atoms with Crippen LogP contribution in [0.4, 0.5) is 5.13 Å². The number of nitrogens with zero attached hydrogens (tertiary/aromatic N) is 1. The molecular formula is C15H17ClN2OS. The quantitative estimate of drug-likeness (QED) is 0.852. The maximum atomic E-state index is 12.1. The van der Waals surface area contributed by atoms with Crippen molar-refractivity contribution in [3.8, 4) is 0 Å². The molecule has 0 aliphatic rings. The molecule has 0 radical (unpaired) electrons. The predicted octanol–water partition coefficient (Wildman–Crippen LogP) is 4.43. The van der Waals surface area contributed by atoms with E-state index in [4.69, 9.17) is 11.6 Å². The number of alkyl halides is 1. The molecule has 2 rings (SSSR count). The highest BCUT2D eigenvalue weighted by molar-refractivity contribution is 7.14. The Morgan fingerprint density at radius 2 is 1.95 bits per heavy atom. The van der Waals surface area contributed by atoms with Crippen molar-refractivity contribution >= 4 is 34.0 Å². The SMILES string of the molecule is CC(C)(C)c1csc(NC(=O)c2ccc(CCl)cc2)n1. The van der Waals surface area contributed by atoms with Gasteiger partial charge in [0.25, 0.3) is 5.91 Å². The smallest absolute Gasteiger partial charge is 0.257 e. The molecule has 5 heteroatoms. The molecule has 0 aliphatic heterocycles. The summed E-state index contributed by atoms with van der Waals surface area (Å²) in [5.74, 6) is 0.296. The van der Waals surface area contributed by atoms with Crippen LogP contribution in [-0.4, -0.2) is 10.9 Å². The Bertz CT molecular complexity index is 599. The zero-order valence-electron chi connectivity index (χ0n) is 11.7. The third kappa shape index (κ3) is 3.58. The zero-order valence-corrected chi connectivity index (χ0v) is 13.3. The maximum Gasteiger partial charge on any atom is 0.257 e. The van der Waals surface area contributed by atoms with Gasteiger partial charge < -0.3 is 0 Å². The van der Waals surface area contributed by atoms with Gasteiger partial charge in [0.05, 0.1) is 5.69 Å². The van der Waals surface area contributed by atoms with Crippen LogP contribution in [0.5, 0.6) is 0 Å². The van der Waals surface area contributed by atoms with Crippen LogP contribution in [0.25, 0.3) is 0 Å². The Morgan fingerprint density at radius 1 is 1.30 bits per heavy atom. The molecule has 3 nitrogen and oxygen atoms in total. The van der Waals surface area contributed by atoms with Crippen LogP contribution in [0.1, 0.15) is 42.4 Å². The molecule has 0 bridgehead atoms. The molecule has 1 amide bonds. The summed E-state index contributed by atoms with van der Waals surface area (Å²) in [5.41, 5.74) is 2.57. The topological polar surface area (TPSA) is 42.0 Å². The second-order valence-electron chi connectivity index (χ2n) is 5.57. The molecule has 2 aromatic rings. The Balaban J connectivity index is 2.09. The molecule has 1 heterocycles. The van der Waals surface area contributed by atoms with Crippen molar-refractivity contribution in [2.75, 3.05) is 5.32 Å². The number of carbonyl (C=O) groups is 1. The van der Waals surface area contributed by atoms with Crippen LogP contribution in [-0.2, 0) is 11.3 Å². The Labute approximate surface area is 128 Å². The van der Waals surface area contributed by atoms with Gasteiger partial charge in [-0.3, -0.25) is 10.1 Å². The van der Waals surface area contributed by atoms with E-state index in [1.165, 1.54) is 11.3 Å². The average Bonchev–Trinajstić information content (AvgIpc) is 2.87. The largest absolute Gasteiger partial charge is 0.298 e. The molecule has 0 spiro atoms. The van der Waals surface area contributed by atoms with Crippen molar-refractivity contribution < 1.29 is 4.79 Å². The number of hydrogen-bond donors (Lipinski definition) is 1. The second-order valence-corrected chi connectivity index (χ2v) is 6.70. The summed E-state index contributed by atoms with van der Waals surface area (Å²) in [7, 11) is 0. The van der Waals surface area contributed by atoms with E-state index in [0.29, 0.717) is 16.6 Å². The highest BCUT2D eigenvalue weighted by atomic mass is 35.5. The van der Waals surface area contributed by atoms with E-state index in [-0.39, 0.29) is 11.3 Å². The van der Waals surface area contributed by atoms with E-state index in [1.54, 1.807) is 12.1 Å². The third-order valence-corrected chi connectivity index (χ3v) is 3.93. The summed E-state index contributed by atoms with van der Waals surface area (Å²) in [5, 5.41) is 5.43. The van der Waals surface area contributed by atoms with Gasteiger partial charge in [0, 0.05) is 22.2 Å². The average molecular weight is 309 g/mol. The molecule has 0 saturated heterocycles. The van der Waals surface area contributed by atoms with Gasteiger partial charge in [-0.1, -0.05) is 32.9 Å². The number of benzene rings is 1. The van der Waals surface area contributed by atoms with Crippen LogP contribution in [0.2, 0.25) is 0 Å². The first kappa shape index (κ1) is 15.0. The van der Waals surface area contributed by atoms with Gasteiger partial charge in [-0.15, -0.1) is 22.9 Å². The molecule has 1 aromatic heterocycles. The van der Waals surface area contributed by atoms with Crippen LogP contribution in [0, 0.1) is 0 Å².